The van der Waals surface area contributed by atoms with Gasteiger partial charge in [-0.2, -0.15) is 0 Å². The molecule has 7 heteroatoms. The summed E-state index contributed by atoms with van der Waals surface area (Å²) in [6.07, 6.45) is 0. The third kappa shape index (κ3) is 7.16. The summed E-state index contributed by atoms with van der Waals surface area (Å²) in [4.78, 5) is 4.57. The van der Waals surface area contributed by atoms with Crippen LogP contribution in [0.1, 0.15) is 25.0 Å². The number of aliphatic imine (C=N–C) groups is 1. The number of methoxy groups -OCH3 is 1. The Morgan fingerprint density at radius 2 is 1.85 bits per heavy atom. The lowest BCUT2D eigenvalue weighted by molar-refractivity contribution is 0.336. The average molecular weight is 485 g/mol. The van der Waals surface area contributed by atoms with E-state index in [0.717, 1.165) is 23.4 Å². The fraction of sp³-hybridized carbons (Fsp3) is 0.350. The van der Waals surface area contributed by atoms with Gasteiger partial charge in [-0.05, 0) is 37.6 Å². The van der Waals surface area contributed by atoms with Gasteiger partial charge in [0.05, 0.1) is 20.3 Å². The van der Waals surface area contributed by atoms with Crippen LogP contribution in [0.3, 0.4) is 0 Å². The first kappa shape index (κ1) is 22.9. The molecule has 0 unspecified atom stereocenters. The van der Waals surface area contributed by atoms with Crippen molar-refractivity contribution in [1.29, 1.82) is 0 Å². The maximum Gasteiger partial charge on any atom is 0.191 e. The normalized spacial score (nSPS) is 10.7. The number of hydrogen-bond acceptors (Lipinski definition) is 4. The number of para-hydroxylation sites is 1. The van der Waals surface area contributed by atoms with E-state index in [-0.39, 0.29) is 29.7 Å². The van der Waals surface area contributed by atoms with E-state index in [2.05, 4.69) is 15.6 Å². The summed E-state index contributed by atoms with van der Waals surface area (Å²) in [5.41, 5.74) is 1.97. The van der Waals surface area contributed by atoms with Crippen molar-refractivity contribution < 1.29 is 14.6 Å². The second-order valence-electron chi connectivity index (χ2n) is 5.60. The Labute approximate surface area is 178 Å². The van der Waals surface area contributed by atoms with E-state index in [4.69, 9.17) is 9.47 Å². The monoisotopic (exact) mass is 485 g/mol. The first-order valence-electron chi connectivity index (χ1n) is 8.76. The highest BCUT2D eigenvalue weighted by Crippen LogP contribution is 2.26. The van der Waals surface area contributed by atoms with E-state index in [9.17, 15) is 5.11 Å². The van der Waals surface area contributed by atoms with Gasteiger partial charge in [0.1, 0.15) is 5.75 Å². The Kier molecular flexibility index (Phi) is 10.4. The van der Waals surface area contributed by atoms with Gasteiger partial charge in [-0.15, -0.1) is 24.0 Å². The summed E-state index contributed by atoms with van der Waals surface area (Å²) in [6, 6.07) is 13.2. The maximum atomic E-state index is 9.87. The molecule has 0 spiro atoms. The Bertz CT molecular complexity index is 738. The minimum atomic E-state index is 0. The molecule has 0 radical (unpaired) electrons. The number of nitrogens with one attached hydrogen (secondary N) is 2. The summed E-state index contributed by atoms with van der Waals surface area (Å²) in [5, 5.41) is 16.4. The quantitative estimate of drug-likeness (QED) is 0.302. The number of hydrogen-bond donors (Lipinski definition) is 3. The van der Waals surface area contributed by atoms with E-state index in [1.165, 1.54) is 7.11 Å². The van der Waals surface area contributed by atoms with Crippen LogP contribution in [0.4, 0.5) is 0 Å². The molecule has 2 rings (SSSR count). The van der Waals surface area contributed by atoms with E-state index in [1.807, 2.05) is 44.2 Å². The smallest absolute Gasteiger partial charge is 0.191 e. The highest BCUT2D eigenvalue weighted by molar-refractivity contribution is 14.0. The summed E-state index contributed by atoms with van der Waals surface area (Å²) < 4.78 is 10.7. The molecule has 0 amide bonds. The minimum absolute atomic E-state index is 0. The van der Waals surface area contributed by atoms with Gasteiger partial charge in [0.15, 0.2) is 17.5 Å². The molecular formula is C20H28IN3O3. The third-order valence-electron chi connectivity index (χ3n) is 3.73. The Hall–Kier alpha value is -2.16. The van der Waals surface area contributed by atoms with Crippen molar-refractivity contribution in [1.82, 2.24) is 10.6 Å². The molecule has 0 aliphatic carbocycles. The lowest BCUT2D eigenvalue weighted by Gasteiger charge is -2.14. The van der Waals surface area contributed by atoms with Gasteiger partial charge in [-0.25, -0.2) is 4.99 Å². The number of guanidine groups is 1. The molecule has 6 nitrogen and oxygen atoms in total. The van der Waals surface area contributed by atoms with Crippen molar-refractivity contribution >= 4 is 29.9 Å². The van der Waals surface area contributed by atoms with E-state index in [1.54, 1.807) is 12.1 Å². The molecule has 0 fully saturated rings. The van der Waals surface area contributed by atoms with Gasteiger partial charge in [-0.3, -0.25) is 0 Å². The summed E-state index contributed by atoms with van der Waals surface area (Å²) in [7, 11) is 1.53. The van der Waals surface area contributed by atoms with Crippen LogP contribution in [0.2, 0.25) is 0 Å². The lowest BCUT2D eigenvalue weighted by atomic mass is 10.2. The minimum Gasteiger partial charge on any atom is -0.504 e. The van der Waals surface area contributed by atoms with Crippen LogP contribution >= 0.6 is 24.0 Å². The molecule has 0 heterocycles. The molecular weight excluding hydrogens is 457 g/mol. The number of phenols is 1. The van der Waals surface area contributed by atoms with Crippen molar-refractivity contribution in [2.24, 2.45) is 4.99 Å². The molecule has 2 aromatic rings. The Balaban J connectivity index is 0.00000364. The standard InChI is InChI=1S/C20H27N3O3.HI/c1-4-21-20(22-13-15-10-11-19(25-3)17(24)12-15)23-14-16-8-6-7-9-18(16)26-5-2;/h6-12,24H,4-5,13-14H2,1-3H3,(H2,21,22,23);1H. The summed E-state index contributed by atoms with van der Waals surface area (Å²) in [6.45, 7) is 6.43. The molecule has 148 valence electrons. The Morgan fingerprint density at radius 3 is 2.52 bits per heavy atom. The van der Waals surface area contributed by atoms with Crippen molar-refractivity contribution in [3.63, 3.8) is 0 Å². The molecule has 2 aromatic carbocycles. The molecule has 27 heavy (non-hydrogen) atoms. The number of rotatable bonds is 8. The molecule has 0 saturated heterocycles. The lowest BCUT2D eigenvalue weighted by Crippen LogP contribution is -2.36. The van der Waals surface area contributed by atoms with Gasteiger partial charge >= 0.3 is 0 Å². The van der Waals surface area contributed by atoms with Crippen LogP contribution in [0, 0.1) is 0 Å². The predicted molar refractivity (Wildman–Crippen MR) is 119 cm³/mol. The van der Waals surface area contributed by atoms with Crippen LogP contribution in [0.5, 0.6) is 17.2 Å². The van der Waals surface area contributed by atoms with Crippen LogP contribution in [-0.4, -0.2) is 31.3 Å². The van der Waals surface area contributed by atoms with Crippen LogP contribution in [0.15, 0.2) is 47.5 Å². The van der Waals surface area contributed by atoms with Crippen LogP contribution < -0.4 is 20.1 Å². The largest absolute Gasteiger partial charge is 0.504 e. The number of aromatic hydroxyl groups is 1. The third-order valence-corrected chi connectivity index (χ3v) is 3.73. The molecule has 0 bridgehead atoms. The van der Waals surface area contributed by atoms with Crippen LogP contribution in [-0.2, 0) is 13.1 Å². The first-order valence-corrected chi connectivity index (χ1v) is 8.76. The van der Waals surface area contributed by atoms with Crippen molar-refractivity contribution in [3.8, 4) is 17.2 Å². The molecule has 0 atom stereocenters. The number of benzene rings is 2. The molecule has 0 aromatic heterocycles. The topological polar surface area (TPSA) is 75.1 Å². The highest BCUT2D eigenvalue weighted by atomic mass is 127. The fourth-order valence-electron chi connectivity index (χ4n) is 2.47. The summed E-state index contributed by atoms with van der Waals surface area (Å²) in [5.74, 6) is 2.15. The van der Waals surface area contributed by atoms with Gasteiger partial charge < -0.3 is 25.2 Å². The maximum absolute atomic E-state index is 9.87. The van der Waals surface area contributed by atoms with Gasteiger partial charge in [0.2, 0.25) is 0 Å². The number of nitrogens with zero attached hydrogens (tertiary/aromatic N) is 1. The second-order valence-corrected chi connectivity index (χ2v) is 5.60. The van der Waals surface area contributed by atoms with Gasteiger partial charge in [0.25, 0.3) is 0 Å². The van der Waals surface area contributed by atoms with E-state index >= 15 is 0 Å². The number of halogens is 1. The predicted octanol–water partition coefficient (Wildman–Crippen LogP) is 3.67. The van der Waals surface area contributed by atoms with E-state index < -0.39 is 0 Å². The Morgan fingerprint density at radius 1 is 1.07 bits per heavy atom. The molecule has 0 aliphatic rings. The zero-order chi connectivity index (χ0) is 18.8. The zero-order valence-corrected chi connectivity index (χ0v) is 18.3. The van der Waals surface area contributed by atoms with Gasteiger partial charge in [-0.1, -0.05) is 24.3 Å². The molecule has 3 N–H and O–H groups in total. The van der Waals surface area contributed by atoms with Crippen molar-refractivity contribution in [3.05, 3.63) is 53.6 Å². The fourth-order valence-corrected chi connectivity index (χ4v) is 2.47. The van der Waals surface area contributed by atoms with Crippen LogP contribution in [0.25, 0.3) is 0 Å². The van der Waals surface area contributed by atoms with Crippen molar-refractivity contribution in [2.75, 3.05) is 20.3 Å². The second kappa shape index (κ2) is 12.3. The first-order chi connectivity index (χ1) is 12.7. The van der Waals surface area contributed by atoms with Gasteiger partial charge in [0, 0.05) is 18.7 Å². The van der Waals surface area contributed by atoms with Crippen molar-refractivity contribution in [2.45, 2.75) is 26.9 Å². The average Bonchev–Trinajstić information content (AvgIpc) is 2.65. The zero-order valence-electron chi connectivity index (χ0n) is 16.0. The number of phenolic OH excluding ortho intramolecular Hbond substituents is 1. The SMILES string of the molecule is CCNC(=NCc1ccc(OC)c(O)c1)NCc1ccccc1OCC.I. The summed E-state index contributed by atoms with van der Waals surface area (Å²) >= 11 is 0. The molecule has 0 aliphatic heterocycles. The highest BCUT2D eigenvalue weighted by Gasteiger charge is 2.05. The molecule has 0 saturated carbocycles. The van der Waals surface area contributed by atoms with E-state index in [0.29, 0.717) is 31.4 Å². The number of ether oxygens (including phenoxy) is 2.